The van der Waals surface area contributed by atoms with Crippen LogP contribution in [0, 0.1) is 5.82 Å². The summed E-state index contributed by atoms with van der Waals surface area (Å²) in [6, 6.07) is 29.4. The maximum absolute atomic E-state index is 13.8. The van der Waals surface area contributed by atoms with Crippen molar-refractivity contribution in [2.75, 3.05) is 13.1 Å². The van der Waals surface area contributed by atoms with Gasteiger partial charge in [0.1, 0.15) is 12.4 Å². The molecule has 0 N–H and O–H groups in total. The molecule has 6 heteroatoms. The van der Waals surface area contributed by atoms with Crippen molar-refractivity contribution in [2.45, 2.75) is 39.4 Å². The molecule has 0 atom stereocenters. The fraction of sp³-hybridized carbons (Fsp3) is 0.250. The average molecular weight is 512 g/mol. The number of carbonyl (C=O) groups excluding carboxylic acids is 2. The Hall–Kier alpha value is -4.19. The molecular weight excluding hydrogens is 477 g/mol. The molecule has 2 amide bonds. The van der Waals surface area contributed by atoms with Gasteiger partial charge in [0, 0.05) is 37.1 Å². The second kappa shape index (κ2) is 13.4. The molecule has 4 aromatic rings. The van der Waals surface area contributed by atoms with Gasteiger partial charge in [0.2, 0.25) is 5.91 Å². The molecule has 38 heavy (non-hydrogen) atoms. The van der Waals surface area contributed by atoms with Crippen LogP contribution in [-0.4, -0.2) is 39.3 Å². The van der Waals surface area contributed by atoms with Crippen LogP contribution in [-0.2, 0) is 24.4 Å². The number of amides is 2. The molecule has 0 saturated heterocycles. The number of halogens is 1. The Bertz CT molecular complexity index is 1300. The highest BCUT2D eigenvalue weighted by Gasteiger charge is 2.23. The molecule has 0 unspecified atom stereocenters. The van der Waals surface area contributed by atoms with Gasteiger partial charge in [-0.15, -0.1) is 0 Å². The summed E-state index contributed by atoms with van der Waals surface area (Å²) >= 11 is 0. The largest absolute Gasteiger partial charge is 0.345 e. The van der Waals surface area contributed by atoms with Crippen LogP contribution in [0.3, 0.4) is 0 Å². The van der Waals surface area contributed by atoms with Gasteiger partial charge in [0.05, 0.1) is 6.54 Å². The molecule has 0 aliphatic heterocycles. The van der Waals surface area contributed by atoms with Crippen LogP contribution in [0.25, 0.3) is 0 Å². The van der Waals surface area contributed by atoms with Crippen LogP contribution in [0.15, 0.2) is 103 Å². The van der Waals surface area contributed by atoms with E-state index in [-0.39, 0.29) is 24.2 Å². The molecule has 1 aromatic heterocycles. The standard InChI is InChI=1S/C32H34FN3O2/c1-2-3-20-35(32(38)28-13-8-5-9-14-28)25-31(37)36(23-26-11-6-4-7-12-26)24-30-15-10-21-34(30)22-27-16-18-29(33)19-17-27/h4-19,21H,2-3,20,22-25H2,1H3. The van der Waals surface area contributed by atoms with E-state index in [4.69, 9.17) is 0 Å². The van der Waals surface area contributed by atoms with Gasteiger partial charge in [-0.1, -0.05) is 74.0 Å². The lowest BCUT2D eigenvalue weighted by atomic mass is 10.1. The minimum absolute atomic E-state index is 0.0131. The number of hydrogen-bond donors (Lipinski definition) is 0. The van der Waals surface area contributed by atoms with Gasteiger partial charge < -0.3 is 14.4 Å². The van der Waals surface area contributed by atoms with Crippen LogP contribution in [0.5, 0.6) is 0 Å². The molecule has 0 bridgehead atoms. The average Bonchev–Trinajstić information content (AvgIpc) is 3.38. The zero-order chi connectivity index (χ0) is 26.7. The third-order valence-electron chi connectivity index (χ3n) is 6.53. The number of rotatable bonds is 12. The van der Waals surface area contributed by atoms with Crippen molar-refractivity contribution in [1.29, 1.82) is 0 Å². The lowest BCUT2D eigenvalue weighted by Gasteiger charge is -2.28. The van der Waals surface area contributed by atoms with Crippen molar-refractivity contribution in [3.8, 4) is 0 Å². The zero-order valence-corrected chi connectivity index (χ0v) is 21.8. The van der Waals surface area contributed by atoms with Gasteiger partial charge in [-0.25, -0.2) is 4.39 Å². The fourth-order valence-electron chi connectivity index (χ4n) is 4.39. The monoisotopic (exact) mass is 511 g/mol. The van der Waals surface area contributed by atoms with E-state index in [1.165, 1.54) is 12.1 Å². The van der Waals surface area contributed by atoms with Gasteiger partial charge in [0.25, 0.3) is 5.91 Å². The Morgan fingerprint density at radius 1 is 0.763 bits per heavy atom. The molecule has 0 aliphatic rings. The molecule has 5 nitrogen and oxygen atoms in total. The van der Waals surface area contributed by atoms with Gasteiger partial charge in [-0.2, -0.15) is 0 Å². The Kier molecular flexibility index (Phi) is 9.46. The summed E-state index contributed by atoms with van der Waals surface area (Å²) in [7, 11) is 0. The number of hydrogen-bond acceptors (Lipinski definition) is 2. The van der Waals surface area contributed by atoms with Crippen LogP contribution in [0.4, 0.5) is 4.39 Å². The zero-order valence-electron chi connectivity index (χ0n) is 21.8. The van der Waals surface area contributed by atoms with E-state index < -0.39 is 0 Å². The highest BCUT2D eigenvalue weighted by atomic mass is 19.1. The first-order chi connectivity index (χ1) is 18.5. The third-order valence-corrected chi connectivity index (χ3v) is 6.53. The maximum Gasteiger partial charge on any atom is 0.254 e. The molecular formula is C32H34FN3O2. The molecule has 4 rings (SSSR count). The molecule has 0 aliphatic carbocycles. The summed E-state index contributed by atoms with van der Waals surface area (Å²) in [4.78, 5) is 30.5. The van der Waals surface area contributed by atoms with Gasteiger partial charge in [-0.05, 0) is 53.9 Å². The second-order valence-corrected chi connectivity index (χ2v) is 9.44. The fourth-order valence-corrected chi connectivity index (χ4v) is 4.39. The highest BCUT2D eigenvalue weighted by Crippen LogP contribution is 2.16. The molecule has 0 fully saturated rings. The Morgan fingerprint density at radius 3 is 2.13 bits per heavy atom. The lowest BCUT2D eigenvalue weighted by molar-refractivity contribution is -0.133. The summed E-state index contributed by atoms with van der Waals surface area (Å²) in [5, 5.41) is 0. The topological polar surface area (TPSA) is 45.6 Å². The van der Waals surface area contributed by atoms with Crippen molar-refractivity contribution in [2.24, 2.45) is 0 Å². The van der Waals surface area contributed by atoms with Crippen LogP contribution in [0.2, 0.25) is 0 Å². The number of aromatic nitrogens is 1. The Labute approximate surface area is 224 Å². The normalized spacial score (nSPS) is 10.8. The molecule has 1 heterocycles. The van der Waals surface area contributed by atoms with E-state index in [1.54, 1.807) is 29.2 Å². The minimum Gasteiger partial charge on any atom is -0.345 e. The van der Waals surface area contributed by atoms with Crippen molar-refractivity contribution >= 4 is 11.8 Å². The summed E-state index contributed by atoms with van der Waals surface area (Å²) < 4.78 is 15.5. The Balaban J connectivity index is 1.55. The molecule has 0 saturated carbocycles. The number of unbranched alkanes of at least 4 members (excludes halogenated alkanes) is 1. The second-order valence-electron chi connectivity index (χ2n) is 9.44. The van der Waals surface area contributed by atoms with E-state index in [2.05, 4.69) is 11.5 Å². The number of carbonyl (C=O) groups is 2. The summed E-state index contributed by atoms with van der Waals surface area (Å²) in [5.74, 6) is -0.505. The molecule has 0 spiro atoms. The van der Waals surface area contributed by atoms with Crippen molar-refractivity contribution in [1.82, 2.24) is 14.4 Å². The molecule has 196 valence electrons. The predicted octanol–water partition coefficient (Wildman–Crippen LogP) is 6.15. The van der Waals surface area contributed by atoms with Crippen molar-refractivity contribution in [3.63, 3.8) is 0 Å². The summed E-state index contributed by atoms with van der Waals surface area (Å²) in [5.41, 5.74) is 3.54. The van der Waals surface area contributed by atoms with Gasteiger partial charge in [0.15, 0.2) is 0 Å². The summed E-state index contributed by atoms with van der Waals surface area (Å²) in [6.07, 6.45) is 3.72. The number of nitrogens with zero attached hydrogens (tertiary/aromatic N) is 3. The van der Waals surface area contributed by atoms with E-state index in [0.29, 0.717) is 31.7 Å². The number of benzene rings is 3. The lowest BCUT2D eigenvalue weighted by Crippen LogP contribution is -2.43. The predicted molar refractivity (Wildman–Crippen MR) is 148 cm³/mol. The van der Waals surface area contributed by atoms with Crippen molar-refractivity contribution < 1.29 is 14.0 Å². The van der Waals surface area contributed by atoms with E-state index in [1.807, 2.05) is 71.8 Å². The maximum atomic E-state index is 13.8. The van der Waals surface area contributed by atoms with E-state index >= 15 is 0 Å². The SMILES string of the molecule is CCCCN(CC(=O)N(Cc1ccccc1)Cc1cccn1Cc1ccc(F)cc1)C(=O)c1ccccc1. The van der Waals surface area contributed by atoms with Crippen LogP contribution in [0.1, 0.15) is 46.9 Å². The van der Waals surface area contributed by atoms with E-state index in [9.17, 15) is 14.0 Å². The molecule has 3 aromatic carbocycles. The highest BCUT2D eigenvalue weighted by molar-refractivity contribution is 5.96. The minimum atomic E-state index is -0.265. The van der Waals surface area contributed by atoms with Crippen molar-refractivity contribution in [3.05, 3.63) is 131 Å². The quantitative estimate of drug-likeness (QED) is 0.229. The summed E-state index contributed by atoms with van der Waals surface area (Å²) in [6.45, 7) is 4.01. The van der Waals surface area contributed by atoms with Gasteiger partial charge in [-0.3, -0.25) is 9.59 Å². The third kappa shape index (κ3) is 7.42. The molecule has 0 radical (unpaired) electrons. The first-order valence-electron chi connectivity index (χ1n) is 13.1. The van der Waals surface area contributed by atoms with E-state index in [0.717, 1.165) is 29.7 Å². The smallest absolute Gasteiger partial charge is 0.254 e. The van der Waals surface area contributed by atoms with Crippen LogP contribution < -0.4 is 0 Å². The Morgan fingerprint density at radius 2 is 1.45 bits per heavy atom. The first kappa shape index (κ1) is 26.9. The van der Waals surface area contributed by atoms with Crippen LogP contribution >= 0.6 is 0 Å². The first-order valence-corrected chi connectivity index (χ1v) is 13.1. The van der Waals surface area contributed by atoms with Gasteiger partial charge >= 0.3 is 0 Å².